The van der Waals surface area contributed by atoms with E-state index in [1.807, 2.05) is 22.3 Å². The van der Waals surface area contributed by atoms with Crippen LogP contribution in [0.5, 0.6) is 0 Å². The van der Waals surface area contributed by atoms with Crippen molar-refractivity contribution in [2.24, 2.45) is 0 Å². The Morgan fingerprint density at radius 2 is 2.15 bits per heavy atom. The van der Waals surface area contributed by atoms with Gasteiger partial charge in [-0.05, 0) is 56.0 Å². The van der Waals surface area contributed by atoms with Crippen LogP contribution in [0.15, 0.2) is 30.3 Å². The van der Waals surface area contributed by atoms with Crippen LogP contribution in [0.4, 0.5) is 4.39 Å². The first kappa shape index (κ1) is 20.9. The molecule has 0 spiro atoms. The zero-order valence-electron chi connectivity index (χ0n) is 15.3. The van der Waals surface area contributed by atoms with E-state index in [1.165, 1.54) is 27.5 Å². The lowest BCUT2D eigenvalue weighted by atomic mass is 10.0. The molecule has 1 aliphatic heterocycles. The lowest BCUT2D eigenvalue weighted by Crippen LogP contribution is -2.48. The minimum atomic E-state index is -0.251. The molecule has 1 aromatic carbocycles. The highest BCUT2D eigenvalue weighted by atomic mass is 35.5. The maximum atomic E-state index is 13.6. The fraction of sp³-hybridized carbons (Fsp3) is 0.450. The number of amides is 1. The fourth-order valence-corrected chi connectivity index (χ4v) is 4.50. The summed E-state index contributed by atoms with van der Waals surface area (Å²) in [6.45, 7) is 6.41. The minimum absolute atomic E-state index is 0. The second kappa shape index (κ2) is 9.49. The molecule has 0 radical (unpaired) electrons. The van der Waals surface area contributed by atoms with Gasteiger partial charge in [0.1, 0.15) is 5.82 Å². The molecule has 142 valence electrons. The molecular weight excluding hydrogens is 371 g/mol. The average molecular weight is 397 g/mol. The van der Waals surface area contributed by atoms with E-state index in [2.05, 4.69) is 25.2 Å². The molecule has 1 aromatic heterocycles. The minimum Gasteiger partial charge on any atom is -0.333 e. The molecule has 3 nitrogen and oxygen atoms in total. The molecule has 1 unspecified atom stereocenters. The third kappa shape index (κ3) is 5.06. The standard InChI is InChI=1S/C20H25FN2OS.ClH/c1-14-11-16(15(2)25-14)5-4-8-20(24)23-10-9-22-13-19(23)17-6-3-7-18(21)12-17;/h3,6-7,11-12,19,22H,4-5,8-10,13H2,1-2H3;1H. The SMILES string of the molecule is Cc1cc(CCCC(=O)N2CCNCC2c2cccc(F)c2)c(C)s1.Cl. The molecule has 6 heteroatoms. The number of hydrogen-bond acceptors (Lipinski definition) is 3. The number of aryl methyl sites for hydroxylation is 3. The molecule has 1 amide bonds. The van der Waals surface area contributed by atoms with Gasteiger partial charge in [0.15, 0.2) is 0 Å². The van der Waals surface area contributed by atoms with Gasteiger partial charge in [0, 0.05) is 35.8 Å². The number of carbonyl (C=O) groups excluding carboxylic acids is 1. The van der Waals surface area contributed by atoms with Gasteiger partial charge >= 0.3 is 0 Å². The van der Waals surface area contributed by atoms with Crippen LogP contribution in [0, 0.1) is 19.7 Å². The number of benzene rings is 1. The Morgan fingerprint density at radius 1 is 1.35 bits per heavy atom. The summed E-state index contributed by atoms with van der Waals surface area (Å²) in [6.07, 6.45) is 2.34. The molecule has 1 saturated heterocycles. The first-order valence-electron chi connectivity index (χ1n) is 8.86. The predicted molar refractivity (Wildman–Crippen MR) is 108 cm³/mol. The van der Waals surface area contributed by atoms with Gasteiger partial charge in [-0.15, -0.1) is 23.7 Å². The van der Waals surface area contributed by atoms with E-state index in [-0.39, 0.29) is 30.2 Å². The Balaban J connectivity index is 0.00000243. The molecule has 26 heavy (non-hydrogen) atoms. The molecule has 0 saturated carbocycles. The summed E-state index contributed by atoms with van der Waals surface area (Å²) in [7, 11) is 0. The van der Waals surface area contributed by atoms with E-state index in [9.17, 15) is 9.18 Å². The van der Waals surface area contributed by atoms with Crippen LogP contribution in [-0.2, 0) is 11.2 Å². The van der Waals surface area contributed by atoms with Crippen LogP contribution < -0.4 is 5.32 Å². The molecule has 0 aliphatic carbocycles. The zero-order valence-corrected chi connectivity index (χ0v) is 16.9. The summed E-state index contributed by atoms with van der Waals surface area (Å²) >= 11 is 1.82. The average Bonchev–Trinajstić information content (AvgIpc) is 2.92. The van der Waals surface area contributed by atoms with E-state index in [0.717, 1.165) is 24.9 Å². The lowest BCUT2D eigenvalue weighted by molar-refractivity contribution is -0.134. The van der Waals surface area contributed by atoms with E-state index < -0.39 is 0 Å². The topological polar surface area (TPSA) is 32.3 Å². The zero-order chi connectivity index (χ0) is 17.8. The Labute approximate surface area is 165 Å². The molecule has 3 rings (SSSR count). The molecular formula is C20H26ClFN2OS. The fourth-order valence-electron chi connectivity index (χ4n) is 3.52. The van der Waals surface area contributed by atoms with Crippen molar-refractivity contribution in [1.82, 2.24) is 10.2 Å². The third-order valence-electron chi connectivity index (χ3n) is 4.78. The van der Waals surface area contributed by atoms with Crippen LogP contribution in [0.25, 0.3) is 0 Å². The van der Waals surface area contributed by atoms with Crippen LogP contribution in [0.2, 0.25) is 0 Å². The highest BCUT2D eigenvalue weighted by Crippen LogP contribution is 2.25. The van der Waals surface area contributed by atoms with E-state index in [0.29, 0.717) is 19.5 Å². The first-order valence-corrected chi connectivity index (χ1v) is 9.68. The number of nitrogens with zero attached hydrogens (tertiary/aromatic N) is 1. The van der Waals surface area contributed by atoms with Crippen molar-refractivity contribution in [1.29, 1.82) is 0 Å². The van der Waals surface area contributed by atoms with Crippen LogP contribution in [0.1, 0.15) is 39.8 Å². The van der Waals surface area contributed by atoms with Gasteiger partial charge in [0.05, 0.1) is 6.04 Å². The van der Waals surface area contributed by atoms with Crippen molar-refractivity contribution in [3.63, 3.8) is 0 Å². The number of thiophene rings is 1. The van der Waals surface area contributed by atoms with Crippen molar-refractivity contribution in [3.8, 4) is 0 Å². The Bertz CT molecular complexity index is 749. The summed E-state index contributed by atoms with van der Waals surface area (Å²) < 4.78 is 13.6. The molecule has 2 heterocycles. The van der Waals surface area contributed by atoms with Gasteiger partial charge in [-0.25, -0.2) is 4.39 Å². The van der Waals surface area contributed by atoms with Crippen LogP contribution >= 0.6 is 23.7 Å². The highest BCUT2D eigenvalue weighted by molar-refractivity contribution is 7.12. The third-order valence-corrected chi connectivity index (χ3v) is 5.79. The second-order valence-electron chi connectivity index (χ2n) is 6.65. The van der Waals surface area contributed by atoms with Crippen molar-refractivity contribution < 1.29 is 9.18 Å². The Morgan fingerprint density at radius 3 is 2.85 bits per heavy atom. The van der Waals surface area contributed by atoms with Crippen molar-refractivity contribution in [2.45, 2.75) is 39.2 Å². The first-order chi connectivity index (χ1) is 12.0. The quantitative estimate of drug-likeness (QED) is 0.811. The van der Waals surface area contributed by atoms with Crippen LogP contribution in [0.3, 0.4) is 0 Å². The summed E-state index contributed by atoms with van der Waals surface area (Å²) in [6, 6.07) is 8.74. The van der Waals surface area contributed by atoms with Gasteiger partial charge in [-0.2, -0.15) is 0 Å². The molecule has 1 N–H and O–H groups in total. The molecule has 1 aliphatic rings. The number of piperazine rings is 1. The Kier molecular flexibility index (Phi) is 7.62. The predicted octanol–water partition coefficient (Wildman–Crippen LogP) is 4.42. The van der Waals surface area contributed by atoms with Gasteiger partial charge in [-0.1, -0.05) is 12.1 Å². The van der Waals surface area contributed by atoms with Gasteiger partial charge in [0.2, 0.25) is 5.91 Å². The molecule has 0 bridgehead atoms. The number of hydrogen-bond donors (Lipinski definition) is 1. The van der Waals surface area contributed by atoms with Crippen LogP contribution in [-0.4, -0.2) is 30.4 Å². The number of nitrogens with one attached hydrogen (secondary N) is 1. The lowest BCUT2D eigenvalue weighted by Gasteiger charge is -2.36. The summed E-state index contributed by atoms with van der Waals surface area (Å²) in [5.74, 6) is -0.0841. The molecule has 1 atom stereocenters. The number of rotatable bonds is 5. The van der Waals surface area contributed by atoms with E-state index >= 15 is 0 Å². The van der Waals surface area contributed by atoms with Crippen molar-refractivity contribution in [2.75, 3.05) is 19.6 Å². The maximum Gasteiger partial charge on any atom is 0.223 e. The summed E-state index contributed by atoms with van der Waals surface area (Å²) in [5.41, 5.74) is 2.22. The van der Waals surface area contributed by atoms with Gasteiger partial charge in [-0.3, -0.25) is 4.79 Å². The molecule has 1 fully saturated rings. The van der Waals surface area contributed by atoms with E-state index in [1.54, 1.807) is 6.07 Å². The summed E-state index contributed by atoms with van der Waals surface area (Å²) in [4.78, 5) is 17.3. The van der Waals surface area contributed by atoms with Gasteiger partial charge in [0.25, 0.3) is 0 Å². The largest absolute Gasteiger partial charge is 0.333 e. The number of carbonyl (C=O) groups is 1. The van der Waals surface area contributed by atoms with Gasteiger partial charge < -0.3 is 10.2 Å². The highest BCUT2D eigenvalue weighted by Gasteiger charge is 2.27. The second-order valence-corrected chi connectivity index (χ2v) is 8.11. The van der Waals surface area contributed by atoms with E-state index in [4.69, 9.17) is 0 Å². The Hall–Kier alpha value is -1.43. The smallest absolute Gasteiger partial charge is 0.223 e. The summed E-state index contributed by atoms with van der Waals surface area (Å²) in [5, 5.41) is 3.31. The number of halogens is 2. The van der Waals surface area contributed by atoms with Crippen molar-refractivity contribution >= 4 is 29.7 Å². The molecule has 2 aromatic rings. The normalized spacial score (nSPS) is 17.0. The maximum absolute atomic E-state index is 13.6. The van der Waals surface area contributed by atoms with Crippen molar-refractivity contribution in [3.05, 3.63) is 57.0 Å². The monoisotopic (exact) mass is 396 g/mol.